The number of carbonyl (C=O) groups is 2. The molecule has 116 valence electrons. The first kappa shape index (κ1) is 14.5. The average molecular weight is 305 g/mol. The molecule has 1 amide bonds. The third-order valence-electron chi connectivity index (χ3n) is 4.45. The molecule has 2 N–H and O–H groups in total. The van der Waals surface area contributed by atoms with E-state index in [1.807, 2.05) is 0 Å². The van der Waals surface area contributed by atoms with Crippen molar-refractivity contribution in [3.05, 3.63) is 24.0 Å². The predicted octanol–water partition coefficient (Wildman–Crippen LogP) is 2.01. The van der Waals surface area contributed by atoms with Crippen molar-refractivity contribution >= 4 is 28.9 Å². The van der Waals surface area contributed by atoms with E-state index in [4.69, 9.17) is 5.11 Å². The maximum absolute atomic E-state index is 13.2. The van der Waals surface area contributed by atoms with Gasteiger partial charge >= 0.3 is 5.97 Å². The Balaban J connectivity index is 1.87. The number of carbonyl (C=O) groups excluding carboxylic acids is 1. The summed E-state index contributed by atoms with van der Waals surface area (Å²) >= 11 is 0. The lowest BCUT2D eigenvalue weighted by molar-refractivity contribution is -0.140. The van der Waals surface area contributed by atoms with Gasteiger partial charge in [-0.15, -0.1) is 0 Å². The van der Waals surface area contributed by atoms with Crippen molar-refractivity contribution in [2.75, 3.05) is 5.32 Å². The van der Waals surface area contributed by atoms with Gasteiger partial charge in [-0.3, -0.25) is 14.9 Å². The minimum atomic E-state index is -0.975. The Bertz CT molecular complexity index is 797. The normalized spacial score (nSPS) is 22.5. The van der Waals surface area contributed by atoms with E-state index in [-0.39, 0.29) is 11.9 Å². The molecule has 1 aromatic heterocycles. The van der Waals surface area contributed by atoms with Crippen molar-refractivity contribution < 1.29 is 19.1 Å². The second-order valence-electron chi connectivity index (χ2n) is 6.23. The third kappa shape index (κ3) is 2.04. The number of aliphatic carboxylic acids is 1. The summed E-state index contributed by atoms with van der Waals surface area (Å²) in [6.45, 7) is 3.50. The first-order chi connectivity index (χ1) is 10.2. The zero-order chi connectivity index (χ0) is 16.2. The summed E-state index contributed by atoms with van der Waals surface area (Å²) in [6, 6.07) is 4.18. The molecule has 7 heteroatoms. The first-order valence-corrected chi connectivity index (χ1v) is 6.89. The van der Waals surface area contributed by atoms with Crippen LogP contribution in [0.15, 0.2) is 18.2 Å². The minimum absolute atomic E-state index is 0.275. The van der Waals surface area contributed by atoms with Crippen LogP contribution in [0.3, 0.4) is 0 Å². The fraction of sp³-hybridized carbons (Fsp3) is 0.400. The molecule has 0 bridgehead atoms. The topological polar surface area (TPSA) is 84.2 Å². The van der Waals surface area contributed by atoms with E-state index in [2.05, 4.69) is 10.3 Å². The number of carboxylic acid groups (broad SMARTS) is 1. The highest BCUT2D eigenvalue weighted by Crippen LogP contribution is 2.58. The number of anilines is 1. The number of halogens is 1. The highest BCUT2D eigenvalue weighted by Gasteiger charge is 2.66. The molecular weight excluding hydrogens is 289 g/mol. The highest BCUT2D eigenvalue weighted by atomic mass is 19.1. The Kier molecular flexibility index (Phi) is 2.98. The molecule has 1 heterocycles. The molecule has 0 radical (unpaired) electrons. The Morgan fingerprint density at radius 2 is 2.05 bits per heavy atom. The number of benzene rings is 1. The molecule has 1 aliphatic rings. The zero-order valence-corrected chi connectivity index (χ0v) is 12.4. The van der Waals surface area contributed by atoms with E-state index in [1.165, 1.54) is 12.1 Å². The van der Waals surface area contributed by atoms with Gasteiger partial charge in [0.15, 0.2) is 0 Å². The summed E-state index contributed by atoms with van der Waals surface area (Å²) in [5.74, 6) is -2.77. The second kappa shape index (κ2) is 4.53. The molecule has 22 heavy (non-hydrogen) atoms. The number of amides is 1. The number of carboxylic acids is 1. The molecule has 1 fully saturated rings. The van der Waals surface area contributed by atoms with Crippen LogP contribution in [0, 0.1) is 23.1 Å². The van der Waals surface area contributed by atoms with E-state index in [1.54, 1.807) is 31.5 Å². The molecule has 1 saturated carbocycles. The second-order valence-corrected chi connectivity index (χ2v) is 6.23. The number of aryl methyl sites for hydroxylation is 1. The average Bonchev–Trinajstić information content (AvgIpc) is 2.88. The lowest BCUT2D eigenvalue weighted by atomic mass is 10.1. The van der Waals surface area contributed by atoms with Crippen LogP contribution >= 0.6 is 0 Å². The van der Waals surface area contributed by atoms with E-state index in [9.17, 15) is 14.0 Å². The molecule has 2 aromatic rings. The van der Waals surface area contributed by atoms with E-state index in [0.717, 1.165) is 0 Å². The molecular formula is C15H16FN3O3. The van der Waals surface area contributed by atoms with Gasteiger partial charge in [0.2, 0.25) is 11.9 Å². The molecule has 3 rings (SSSR count). The SMILES string of the molecule is Cn1c(NC(=O)[C@@H]2[C@H](C(=O)O)C2(C)C)nc2cc(F)ccc21. The van der Waals surface area contributed by atoms with Crippen LogP contribution < -0.4 is 5.32 Å². The number of rotatable bonds is 3. The molecule has 0 unspecified atom stereocenters. The summed E-state index contributed by atoms with van der Waals surface area (Å²) < 4.78 is 14.9. The summed E-state index contributed by atoms with van der Waals surface area (Å²) in [5, 5.41) is 11.8. The van der Waals surface area contributed by atoms with Crippen LogP contribution in [-0.4, -0.2) is 26.5 Å². The Hall–Kier alpha value is -2.44. The van der Waals surface area contributed by atoms with Crippen molar-refractivity contribution in [3.8, 4) is 0 Å². The van der Waals surface area contributed by atoms with Crippen LogP contribution in [0.25, 0.3) is 11.0 Å². The Morgan fingerprint density at radius 1 is 1.36 bits per heavy atom. The fourth-order valence-corrected chi connectivity index (χ4v) is 3.06. The summed E-state index contributed by atoms with van der Waals surface area (Å²) in [4.78, 5) is 27.6. The van der Waals surface area contributed by atoms with Crippen molar-refractivity contribution in [1.29, 1.82) is 0 Å². The van der Waals surface area contributed by atoms with Crippen molar-refractivity contribution in [2.24, 2.45) is 24.3 Å². The van der Waals surface area contributed by atoms with Crippen LogP contribution in [-0.2, 0) is 16.6 Å². The summed E-state index contributed by atoms with van der Waals surface area (Å²) in [6.07, 6.45) is 0. The van der Waals surface area contributed by atoms with Crippen molar-refractivity contribution in [2.45, 2.75) is 13.8 Å². The van der Waals surface area contributed by atoms with E-state index in [0.29, 0.717) is 11.0 Å². The van der Waals surface area contributed by atoms with Gasteiger partial charge in [0.25, 0.3) is 0 Å². The van der Waals surface area contributed by atoms with Crippen molar-refractivity contribution in [3.63, 3.8) is 0 Å². The lowest BCUT2D eigenvalue weighted by Crippen LogP contribution is -2.19. The molecule has 0 saturated heterocycles. The standard InChI is InChI=1S/C15H16FN3O3/c1-15(2)10(11(15)13(21)22)12(20)18-14-17-8-6-7(16)4-5-9(8)19(14)3/h4-6,10-11H,1-3H3,(H,21,22)(H,17,18,20)/t10-,11+/m0/s1. The summed E-state index contributed by atoms with van der Waals surface area (Å²) in [7, 11) is 1.70. The number of nitrogens with zero attached hydrogens (tertiary/aromatic N) is 2. The van der Waals surface area contributed by atoms with E-state index < -0.39 is 29.0 Å². The van der Waals surface area contributed by atoms with Gasteiger partial charge in [-0.1, -0.05) is 13.8 Å². The molecule has 0 spiro atoms. The predicted molar refractivity (Wildman–Crippen MR) is 77.7 cm³/mol. The lowest BCUT2D eigenvalue weighted by Gasteiger charge is -2.05. The maximum Gasteiger partial charge on any atom is 0.307 e. The number of nitrogens with one attached hydrogen (secondary N) is 1. The van der Waals surface area contributed by atoms with Gasteiger partial charge in [-0.05, 0) is 17.5 Å². The number of imidazole rings is 1. The number of hydrogen-bond acceptors (Lipinski definition) is 3. The largest absolute Gasteiger partial charge is 0.481 e. The van der Waals surface area contributed by atoms with E-state index >= 15 is 0 Å². The van der Waals surface area contributed by atoms with Gasteiger partial charge in [0.05, 0.1) is 22.9 Å². The molecule has 0 aliphatic heterocycles. The Labute approximate surface area is 125 Å². The van der Waals surface area contributed by atoms with Crippen LogP contribution in [0.5, 0.6) is 0 Å². The Morgan fingerprint density at radius 3 is 2.64 bits per heavy atom. The van der Waals surface area contributed by atoms with Crippen LogP contribution in [0.2, 0.25) is 0 Å². The van der Waals surface area contributed by atoms with Crippen LogP contribution in [0.1, 0.15) is 13.8 Å². The van der Waals surface area contributed by atoms with Crippen LogP contribution in [0.4, 0.5) is 10.3 Å². The monoisotopic (exact) mass is 305 g/mol. The molecule has 1 aromatic carbocycles. The van der Waals surface area contributed by atoms with Gasteiger partial charge < -0.3 is 9.67 Å². The highest BCUT2D eigenvalue weighted by molar-refractivity contribution is 5.99. The first-order valence-electron chi connectivity index (χ1n) is 6.89. The molecule has 1 aliphatic carbocycles. The minimum Gasteiger partial charge on any atom is -0.481 e. The summed E-state index contributed by atoms with van der Waals surface area (Å²) in [5.41, 5.74) is 0.538. The quantitative estimate of drug-likeness (QED) is 0.908. The van der Waals surface area contributed by atoms with Gasteiger partial charge in [0, 0.05) is 13.1 Å². The fourth-order valence-electron chi connectivity index (χ4n) is 3.06. The number of fused-ring (bicyclic) bond motifs is 1. The van der Waals surface area contributed by atoms with Crippen molar-refractivity contribution in [1.82, 2.24) is 9.55 Å². The number of hydrogen-bond donors (Lipinski definition) is 2. The van der Waals surface area contributed by atoms with Gasteiger partial charge in [0.1, 0.15) is 5.82 Å². The molecule has 6 nitrogen and oxygen atoms in total. The molecule has 2 atom stereocenters. The smallest absolute Gasteiger partial charge is 0.307 e. The van der Waals surface area contributed by atoms with Gasteiger partial charge in [-0.25, -0.2) is 9.37 Å². The third-order valence-corrected chi connectivity index (χ3v) is 4.45. The number of aromatic nitrogens is 2. The zero-order valence-electron chi connectivity index (χ0n) is 12.4. The van der Waals surface area contributed by atoms with Gasteiger partial charge in [-0.2, -0.15) is 0 Å². The maximum atomic E-state index is 13.2.